The molecule has 3 heterocycles. The number of benzene rings is 2. The Morgan fingerprint density at radius 3 is 2.46 bits per heavy atom. The molecule has 2 atom stereocenters. The summed E-state index contributed by atoms with van der Waals surface area (Å²) in [5.41, 5.74) is 4.48. The van der Waals surface area contributed by atoms with Crippen molar-refractivity contribution in [2.24, 2.45) is 11.3 Å². The molecule has 1 aliphatic rings. The molecule has 3 aromatic heterocycles. The van der Waals surface area contributed by atoms with Crippen LogP contribution >= 0.6 is 34.5 Å². The predicted octanol–water partition coefficient (Wildman–Crippen LogP) is 5.92. The smallest absolute Gasteiger partial charge is 0.266 e. The average Bonchev–Trinajstić information content (AvgIpc) is 3.28. The van der Waals surface area contributed by atoms with Crippen molar-refractivity contribution in [2.75, 3.05) is 0 Å². The molecule has 0 spiro atoms. The number of aryl methyl sites for hydroxylation is 1. The molecule has 0 amide bonds. The Bertz CT molecular complexity index is 1760. The molecule has 186 valence electrons. The van der Waals surface area contributed by atoms with E-state index in [2.05, 4.69) is 38.0 Å². The summed E-state index contributed by atoms with van der Waals surface area (Å²) in [5.74, 6) is 0.848. The zero-order valence-corrected chi connectivity index (χ0v) is 22.7. The maximum absolute atomic E-state index is 13.3. The first kappa shape index (κ1) is 24.1. The number of aromatic nitrogens is 5. The van der Waals surface area contributed by atoms with Gasteiger partial charge in [0.2, 0.25) is 4.96 Å². The molecule has 0 radical (unpaired) electrons. The second kappa shape index (κ2) is 8.94. The number of halogens is 2. The Kier molecular flexibility index (Phi) is 5.82. The lowest BCUT2D eigenvalue weighted by molar-refractivity contribution is 0.585. The molecule has 6 nitrogen and oxygen atoms in total. The van der Waals surface area contributed by atoms with Crippen LogP contribution in [-0.2, 0) is 0 Å². The first-order chi connectivity index (χ1) is 17.7. The second-order valence-electron chi connectivity index (χ2n) is 9.94. The number of nitrogens with zero attached hydrogens (tertiary/aromatic N) is 5. The van der Waals surface area contributed by atoms with Crippen LogP contribution in [-0.4, -0.2) is 24.4 Å². The van der Waals surface area contributed by atoms with Gasteiger partial charge in [-0.05, 0) is 42.5 Å². The lowest BCUT2D eigenvalue weighted by atomic mass is 10.1. The molecule has 2 aromatic carbocycles. The normalized spacial score (nSPS) is 18.9. The van der Waals surface area contributed by atoms with E-state index in [4.69, 9.17) is 33.3 Å². The maximum Gasteiger partial charge on any atom is 0.291 e. The molecule has 1 aliphatic carbocycles. The van der Waals surface area contributed by atoms with E-state index in [0.717, 1.165) is 22.5 Å². The Balaban J connectivity index is 1.43. The number of hydrogen-bond acceptors (Lipinski definition) is 5. The fourth-order valence-electron chi connectivity index (χ4n) is 4.88. The van der Waals surface area contributed by atoms with Crippen molar-refractivity contribution in [1.29, 1.82) is 0 Å². The molecule has 1 saturated carbocycles. The summed E-state index contributed by atoms with van der Waals surface area (Å²) in [6, 6.07) is 18.1. The largest absolute Gasteiger partial charge is 0.291 e. The minimum Gasteiger partial charge on any atom is -0.266 e. The third-order valence-corrected chi connectivity index (χ3v) is 8.28. The summed E-state index contributed by atoms with van der Waals surface area (Å²) < 4.78 is 4.03. The zero-order valence-electron chi connectivity index (χ0n) is 20.4. The van der Waals surface area contributed by atoms with Gasteiger partial charge in [0.1, 0.15) is 4.49 Å². The molecule has 0 N–H and O–H groups in total. The van der Waals surface area contributed by atoms with Crippen LogP contribution in [0.4, 0.5) is 0 Å². The van der Waals surface area contributed by atoms with E-state index in [1.807, 2.05) is 65.5 Å². The van der Waals surface area contributed by atoms with Gasteiger partial charge in [-0.1, -0.05) is 96.4 Å². The quantitative estimate of drug-likeness (QED) is 0.274. The predicted molar refractivity (Wildman–Crippen MR) is 149 cm³/mol. The second-order valence-corrected chi connectivity index (χ2v) is 12.0. The van der Waals surface area contributed by atoms with E-state index in [-0.39, 0.29) is 27.3 Å². The van der Waals surface area contributed by atoms with Gasteiger partial charge in [0.05, 0.1) is 15.9 Å². The highest BCUT2D eigenvalue weighted by Crippen LogP contribution is 2.64. The molecule has 0 saturated heterocycles. The van der Waals surface area contributed by atoms with Gasteiger partial charge in [-0.2, -0.15) is 9.61 Å². The Morgan fingerprint density at radius 2 is 1.78 bits per heavy atom. The van der Waals surface area contributed by atoms with Crippen LogP contribution in [0.2, 0.25) is 0 Å². The topological polar surface area (TPSA) is 65.1 Å². The molecule has 5 aromatic rings. The van der Waals surface area contributed by atoms with E-state index >= 15 is 0 Å². The van der Waals surface area contributed by atoms with E-state index in [0.29, 0.717) is 15.3 Å². The molecule has 1 fully saturated rings. The van der Waals surface area contributed by atoms with Crippen molar-refractivity contribution < 1.29 is 0 Å². The van der Waals surface area contributed by atoms with Crippen molar-refractivity contribution >= 4 is 45.6 Å². The first-order valence-corrected chi connectivity index (χ1v) is 13.5. The lowest BCUT2D eigenvalue weighted by Crippen LogP contribution is -2.23. The number of rotatable bonds is 5. The summed E-state index contributed by atoms with van der Waals surface area (Å²) in [7, 11) is 0. The molecule has 6 rings (SSSR count). The summed E-state index contributed by atoms with van der Waals surface area (Å²) in [6.45, 7) is 6.30. The molecular weight excluding hydrogens is 525 g/mol. The third-order valence-electron chi connectivity index (χ3n) is 7.07. The summed E-state index contributed by atoms with van der Waals surface area (Å²) in [4.78, 5) is 18.6. The number of allylic oxidation sites excluding steroid dienone is 1. The van der Waals surface area contributed by atoms with Gasteiger partial charge in [-0.25, -0.2) is 9.67 Å². The van der Waals surface area contributed by atoms with Crippen LogP contribution < -0.4 is 10.1 Å². The summed E-state index contributed by atoms with van der Waals surface area (Å²) in [6.07, 6.45) is 5.66. The van der Waals surface area contributed by atoms with Crippen LogP contribution in [0.1, 0.15) is 36.7 Å². The van der Waals surface area contributed by atoms with Gasteiger partial charge in [0.15, 0.2) is 5.82 Å². The monoisotopic (exact) mass is 547 g/mol. The van der Waals surface area contributed by atoms with Crippen LogP contribution in [0.15, 0.2) is 76.2 Å². The van der Waals surface area contributed by atoms with Crippen molar-refractivity contribution in [1.82, 2.24) is 24.4 Å². The van der Waals surface area contributed by atoms with Crippen LogP contribution in [0, 0.1) is 18.3 Å². The fourth-order valence-corrected chi connectivity index (χ4v) is 6.06. The van der Waals surface area contributed by atoms with E-state index in [1.165, 1.54) is 21.4 Å². The molecule has 0 bridgehead atoms. The van der Waals surface area contributed by atoms with Crippen LogP contribution in [0.3, 0.4) is 0 Å². The molecular formula is C28H23Cl2N5OS. The standard InChI is InChI=1S/C28H23Cl2N5OS/c1-16-9-11-17(12-10-16)24-18(15-34(32-24)19-7-5-4-6-8-19)13-21-26(36)35-27(37-21)31-25(33-35)23-20(14-22(29)30)28(23,2)3/h4-15,20,23H,1-3H3/b21-13-/t20-,23-/m0/s1. The number of hydrogen-bond donors (Lipinski definition) is 0. The van der Waals surface area contributed by atoms with Gasteiger partial charge in [-0.15, -0.1) is 5.10 Å². The van der Waals surface area contributed by atoms with Crippen molar-refractivity contribution in [2.45, 2.75) is 26.7 Å². The highest BCUT2D eigenvalue weighted by atomic mass is 35.5. The molecule has 0 unspecified atom stereocenters. The highest BCUT2D eigenvalue weighted by molar-refractivity contribution is 7.15. The van der Waals surface area contributed by atoms with Crippen molar-refractivity contribution in [3.8, 4) is 16.9 Å². The van der Waals surface area contributed by atoms with Gasteiger partial charge in [0, 0.05) is 23.2 Å². The number of thiazole rings is 1. The highest BCUT2D eigenvalue weighted by Gasteiger charge is 2.59. The Morgan fingerprint density at radius 1 is 1.05 bits per heavy atom. The SMILES string of the molecule is Cc1ccc(-c2nn(-c3ccccc3)cc2/C=c2\sc3nc([C@@H]4[C@H](C=C(Cl)Cl)C4(C)C)nn3c2=O)cc1. The zero-order chi connectivity index (χ0) is 25.9. The van der Waals surface area contributed by atoms with Gasteiger partial charge >= 0.3 is 0 Å². The Labute approximate surface area is 227 Å². The van der Waals surface area contributed by atoms with Crippen LogP contribution in [0.5, 0.6) is 0 Å². The lowest BCUT2D eigenvalue weighted by Gasteiger charge is -2.01. The van der Waals surface area contributed by atoms with Crippen molar-refractivity contribution in [3.05, 3.63) is 103 Å². The Hall–Kier alpha value is -3.26. The first-order valence-electron chi connectivity index (χ1n) is 11.9. The maximum atomic E-state index is 13.3. The number of para-hydroxylation sites is 1. The third kappa shape index (κ3) is 4.31. The van der Waals surface area contributed by atoms with Crippen molar-refractivity contribution in [3.63, 3.8) is 0 Å². The summed E-state index contributed by atoms with van der Waals surface area (Å²) in [5, 5.41) is 9.44. The molecule has 9 heteroatoms. The summed E-state index contributed by atoms with van der Waals surface area (Å²) >= 11 is 13.1. The minimum absolute atomic E-state index is 0.0659. The van der Waals surface area contributed by atoms with Gasteiger partial charge in [0.25, 0.3) is 5.56 Å². The average molecular weight is 548 g/mol. The van der Waals surface area contributed by atoms with E-state index in [9.17, 15) is 4.79 Å². The van der Waals surface area contributed by atoms with Crippen LogP contribution in [0.25, 0.3) is 28.0 Å². The molecule has 0 aliphatic heterocycles. The fraction of sp³-hybridized carbons (Fsp3) is 0.214. The van der Waals surface area contributed by atoms with Gasteiger partial charge in [-0.3, -0.25) is 4.79 Å². The van der Waals surface area contributed by atoms with Gasteiger partial charge < -0.3 is 0 Å². The van der Waals surface area contributed by atoms with E-state index < -0.39 is 0 Å². The minimum atomic E-state index is -0.193. The molecule has 37 heavy (non-hydrogen) atoms. The van der Waals surface area contributed by atoms with E-state index in [1.54, 1.807) is 0 Å². The number of fused-ring (bicyclic) bond motifs is 1.